The lowest BCUT2D eigenvalue weighted by Gasteiger charge is -2.40. The maximum absolute atomic E-state index is 13.0. The van der Waals surface area contributed by atoms with Gasteiger partial charge in [-0.2, -0.15) is 0 Å². The van der Waals surface area contributed by atoms with E-state index in [1.807, 2.05) is 6.08 Å². The van der Waals surface area contributed by atoms with E-state index in [0.29, 0.717) is 19.3 Å². The van der Waals surface area contributed by atoms with Crippen LogP contribution in [0.5, 0.6) is 0 Å². The number of hydrogen-bond acceptors (Lipinski definition) is 9. The quantitative estimate of drug-likeness (QED) is 0.0235. The molecule has 0 aromatic heterocycles. The van der Waals surface area contributed by atoms with Crippen LogP contribution in [0.4, 0.5) is 0 Å². The van der Waals surface area contributed by atoms with Crippen LogP contribution in [0, 0.1) is 0 Å². The van der Waals surface area contributed by atoms with Gasteiger partial charge in [0, 0.05) is 0 Å². The first-order valence-corrected chi connectivity index (χ1v) is 24.2. The fourth-order valence-electron chi connectivity index (χ4n) is 7.65. The third-order valence-electron chi connectivity index (χ3n) is 11.6. The van der Waals surface area contributed by atoms with Crippen LogP contribution in [0.3, 0.4) is 0 Å². The molecule has 1 rings (SSSR count). The highest BCUT2D eigenvalue weighted by atomic mass is 16.7. The van der Waals surface area contributed by atoms with Gasteiger partial charge in [0.2, 0.25) is 5.91 Å². The summed E-state index contributed by atoms with van der Waals surface area (Å²) in [5.74, 6) is -0.624. The number of ether oxygens (including phenoxy) is 2. The van der Waals surface area contributed by atoms with E-state index in [2.05, 4.69) is 31.3 Å². The number of allylic oxidation sites excluding steroid dienone is 3. The molecule has 8 unspecified atom stereocenters. The van der Waals surface area contributed by atoms with Crippen molar-refractivity contribution in [2.24, 2.45) is 0 Å². The zero-order valence-electron chi connectivity index (χ0n) is 37.2. The van der Waals surface area contributed by atoms with E-state index in [1.54, 1.807) is 6.08 Å². The predicted octanol–water partition coefficient (Wildman–Crippen LogP) is 9.25. The Morgan fingerprint density at radius 1 is 0.586 bits per heavy atom. The van der Waals surface area contributed by atoms with Crippen molar-refractivity contribution in [3.63, 3.8) is 0 Å². The minimum atomic E-state index is -1.61. The topological polar surface area (TPSA) is 169 Å². The Labute approximate surface area is 354 Å². The number of nitrogens with one attached hydrogen (secondary N) is 1. The van der Waals surface area contributed by atoms with Gasteiger partial charge in [0.1, 0.15) is 30.5 Å². The van der Waals surface area contributed by atoms with E-state index in [4.69, 9.17) is 9.47 Å². The van der Waals surface area contributed by atoms with Crippen LogP contribution in [-0.4, -0.2) is 98.7 Å². The molecule has 8 atom stereocenters. The lowest BCUT2D eigenvalue weighted by Crippen LogP contribution is -2.60. The Morgan fingerprint density at radius 2 is 1.02 bits per heavy atom. The number of unbranched alkanes of at least 4 members (excludes halogenated alkanes) is 27. The second kappa shape index (κ2) is 38.5. The first-order chi connectivity index (χ1) is 28.3. The molecule has 0 bridgehead atoms. The van der Waals surface area contributed by atoms with Crippen LogP contribution < -0.4 is 5.32 Å². The molecule has 1 heterocycles. The molecule has 7 N–H and O–H groups in total. The van der Waals surface area contributed by atoms with E-state index >= 15 is 0 Å². The van der Waals surface area contributed by atoms with Gasteiger partial charge >= 0.3 is 0 Å². The first kappa shape index (κ1) is 54.6. The van der Waals surface area contributed by atoms with Crippen molar-refractivity contribution >= 4 is 5.91 Å². The molecule has 342 valence electrons. The highest BCUT2D eigenvalue weighted by molar-refractivity contribution is 5.80. The number of hydrogen-bond donors (Lipinski definition) is 7. The molecule has 0 saturated carbocycles. The van der Waals surface area contributed by atoms with Crippen molar-refractivity contribution < 1.29 is 44.9 Å². The van der Waals surface area contributed by atoms with Crippen LogP contribution in [0.15, 0.2) is 24.3 Å². The summed E-state index contributed by atoms with van der Waals surface area (Å²) in [4.78, 5) is 13.0. The van der Waals surface area contributed by atoms with Crippen LogP contribution in [0.2, 0.25) is 0 Å². The normalized spacial score (nSPS) is 21.6. The zero-order valence-corrected chi connectivity index (χ0v) is 37.2. The van der Waals surface area contributed by atoms with Crippen molar-refractivity contribution in [2.75, 3.05) is 13.2 Å². The summed E-state index contributed by atoms with van der Waals surface area (Å²) >= 11 is 0. The molecular formula is C48H91NO9. The molecule has 10 nitrogen and oxygen atoms in total. The molecular weight excluding hydrogens is 735 g/mol. The molecule has 0 aromatic rings. The number of rotatable bonds is 40. The minimum Gasteiger partial charge on any atom is -0.394 e. The minimum absolute atomic E-state index is 0.308. The molecule has 0 radical (unpaired) electrons. The molecule has 1 amide bonds. The van der Waals surface area contributed by atoms with Crippen molar-refractivity contribution in [2.45, 2.75) is 262 Å². The number of aliphatic hydroxyl groups is 6. The fraction of sp³-hybridized carbons (Fsp3) is 0.896. The van der Waals surface area contributed by atoms with Crippen molar-refractivity contribution in [3.8, 4) is 0 Å². The van der Waals surface area contributed by atoms with Gasteiger partial charge in [-0.25, -0.2) is 0 Å². The van der Waals surface area contributed by atoms with Gasteiger partial charge < -0.3 is 45.4 Å². The van der Waals surface area contributed by atoms with E-state index in [9.17, 15) is 35.4 Å². The van der Waals surface area contributed by atoms with Gasteiger partial charge in [0.05, 0.1) is 25.4 Å². The molecule has 1 fully saturated rings. The van der Waals surface area contributed by atoms with Crippen molar-refractivity contribution in [3.05, 3.63) is 24.3 Å². The van der Waals surface area contributed by atoms with Gasteiger partial charge in [-0.1, -0.05) is 205 Å². The van der Waals surface area contributed by atoms with Crippen LogP contribution in [0.1, 0.15) is 213 Å². The molecule has 1 aliphatic rings. The highest BCUT2D eigenvalue weighted by Crippen LogP contribution is 2.23. The molecule has 58 heavy (non-hydrogen) atoms. The second-order valence-electron chi connectivity index (χ2n) is 17.0. The molecule has 0 aliphatic carbocycles. The van der Waals surface area contributed by atoms with Gasteiger partial charge in [-0.3, -0.25) is 4.79 Å². The van der Waals surface area contributed by atoms with Crippen LogP contribution in [0.25, 0.3) is 0 Å². The summed E-state index contributed by atoms with van der Waals surface area (Å²) in [7, 11) is 0. The lowest BCUT2D eigenvalue weighted by molar-refractivity contribution is -0.302. The van der Waals surface area contributed by atoms with Gasteiger partial charge in [0.15, 0.2) is 6.29 Å². The Morgan fingerprint density at radius 3 is 1.50 bits per heavy atom. The maximum Gasteiger partial charge on any atom is 0.249 e. The van der Waals surface area contributed by atoms with E-state index in [-0.39, 0.29) is 6.61 Å². The van der Waals surface area contributed by atoms with E-state index in [1.165, 1.54) is 148 Å². The molecule has 1 saturated heterocycles. The standard InChI is InChI=1S/C48H91NO9/c1-3-5-7-9-11-13-15-17-19-21-23-25-27-29-31-33-35-37-42(52)47(56)49-40(39-57-48-46(55)45(54)44(53)43(38-50)58-48)41(51)36-34-32-30-28-26-24-22-20-18-16-14-12-10-8-6-4-2/h26,28,34,36,40-46,48,50-55H,3-25,27,29-33,35,37-39H2,1-2H3,(H,49,56)/b28-26+,36-34+. The summed E-state index contributed by atoms with van der Waals surface area (Å²) in [5, 5.41) is 64.7. The van der Waals surface area contributed by atoms with Gasteiger partial charge in [0.25, 0.3) is 0 Å². The van der Waals surface area contributed by atoms with Crippen LogP contribution >= 0.6 is 0 Å². The largest absolute Gasteiger partial charge is 0.394 e. The summed E-state index contributed by atoms with van der Waals surface area (Å²) in [6.07, 6.45) is 35.5. The smallest absolute Gasteiger partial charge is 0.249 e. The maximum atomic E-state index is 13.0. The Balaban J connectivity index is 2.41. The van der Waals surface area contributed by atoms with Gasteiger partial charge in [-0.05, 0) is 32.1 Å². The lowest BCUT2D eigenvalue weighted by atomic mass is 9.99. The third kappa shape index (κ3) is 28.2. The fourth-order valence-corrected chi connectivity index (χ4v) is 7.65. The second-order valence-corrected chi connectivity index (χ2v) is 17.0. The summed E-state index contributed by atoms with van der Waals surface area (Å²) in [6.45, 7) is 3.60. The Hall–Kier alpha value is -1.37. The van der Waals surface area contributed by atoms with Gasteiger partial charge in [-0.15, -0.1) is 0 Å². The number of aliphatic hydroxyl groups excluding tert-OH is 6. The Bertz CT molecular complexity index is 979. The average molecular weight is 826 g/mol. The summed E-state index contributed by atoms with van der Waals surface area (Å²) in [6, 6.07) is -0.992. The third-order valence-corrected chi connectivity index (χ3v) is 11.6. The van der Waals surface area contributed by atoms with Crippen molar-refractivity contribution in [1.82, 2.24) is 5.32 Å². The molecule has 0 aromatic carbocycles. The number of amides is 1. The monoisotopic (exact) mass is 826 g/mol. The average Bonchev–Trinajstić information content (AvgIpc) is 3.22. The molecule has 10 heteroatoms. The number of carbonyl (C=O) groups excluding carboxylic acids is 1. The number of carbonyl (C=O) groups is 1. The Kier molecular flexibility index (Phi) is 36.3. The highest BCUT2D eigenvalue weighted by Gasteiger charge is 2.44. The SMILES string of the molecule is CCCCCCCCCCCC/C=C/CC/C=C/C(O)C(COC1OC(CO)C(O)C(O)C1O)NC(=O)C(O)CCCCCCCCCCCCCCCCCCC. The van der Waals surface area contributed by atoms with E-state index in [0.717, 1.165) is 32.1 Å². The summed E-state index contributed by atoms with van der Waals surface area (Å²) < 4.78 is 11.1. The van der Waals surface area contributed by atoms with Crippen molar-refractivity contribution in [1.29, 1.82) is 0 Å². The van der Waals surface area contributed by atoms with Crippen LogP contribution in [-0.2, 0) is 14.3 Å². The summed E-state index contributed by atoms with van der Waals surface area (Å²) in [5.41, 5.74) is 0. The predicted molar refractivity (Wildman–Crippen MR) is 236 cm³/mol. The zero-order chi connectivity index (χ0) is 42.5. The first-order valence-electron chi connectivity index (χ1n) is 24.2. The molecule has 0 spiro atoms. The van der Waals surface area contributed by atoms with E-state index < -0.39 is 61.5 Å². The molecule has 1 aliphatic heterocycles.